The third-order valence-electron chi connectivity index (χ3n) is 4.88. The maximum Gasteiger partial charge on any atom is 0.261 e. The van der Waals surface area contributed by atoms with Crippen molar-refractivity contribution in [2.75, 3.05) is 10.5 Å². The second-order valence-corrected chi connectivity index (χ2v) is 9.57. The normalized spacial score (nSPS) is 11.1. The third kappa shape index (κ3) is 4.78. The van der Waals surface area contributed by atoms with Crippen LogP contribution in [-0.2, 0) is 10.0 Å². The smallest absolute Gasteiger partial charge is 0.261 e. The molecular weight excluding hydrogens is 479 g/mol. The van der Waals surface area contributed by atoms with Gasteiger partial charge in [0.1, 0.15) is 17.5 Å². The molecule has 0 bridgehead atoms. The number of nitriles is 1. The van der Waals surface area contributed by atoms with Crippen LogP contribution in [0.3, 0.4) is 0 Å². The van der Waals surface area contributed by atoms with E-state index in [1.54, 1.807) is 48.5 Å². The lowest BCUT2D eigenvalue weighted by molar-refractivity contribution is 0.601. The van der Waals surface area contributed by atoms with Crippen LogP contribution in [0.1, 0.15) is 5.56 Å². The SMILES string of the molecule is N#Cc1c(-c2ccccc2Cl)cc(-c2ccc(NS(=O)(=O)c3ccc(Cl)cc3)cc2)nc1N. The first-order chi connectivity index (χ1) is 15.8. The largest absolute Gasteiger partial charge is 0.383 e. The fourth-order valence-corrected chi connectivity index (χ4v) is 4.68. The number of nitrogens with two attached hydrogens (primary N) is 1. The quantitative estimate of drug-likeness (QED) is 0.354. The van der Waals surface area contributed by atoms with E-state index >= 15 is 0 Å². The van der Waals surface area contributed by atoms with Gasteiger partial charge in [-0.15, -0.1) is 0 Å². The van der Waals surface area contributed by atoms with Gasteiger partial charge in [0.15, 0.2) is 0 Å². The van der Waals surface area contributed by atoms with Crippen molar-refractivity contribution in [2.24, 2.45) is 0 Å². The van der Waals surface area contributed by atoms with Gasteiger partial charge in [-0.1, -0.05) is 53.5 Å². The van der Waals surface area contributed by atoms with Crippen molar-refractivity contribution in [2.45, 2.75) is 4.90 Å². The van der Waals surface area contributed by atoms with Gasteiger partial charge < -0.3 is 5.73 Å². The van der Waals surface area contributed by atoms with Crippen molar-refractivity contribution in [1.82, 2.24) is 4.98 Å². The lowest BCUT2D eigenvalue weighted by Crippen LogP contribution is -2.12. The summed E-state index contributed by atoms with van der Waals surface area (Å²) in [7, 11) is -3.77. The zero-order chi connectivity index (χ0) is 23.6. The Balaban J connectivity index is 1.68. The number of benzene rings is 3. The number of anilines is 2. The number of halogens is 2. The van der Waals surface area contributed by atoms with E-state index in [0.29, 0.717) is 38.1 Å². The lowest BCUT2D eigenvalue weighted by Gasteiger charge is -2.12. The Kier molecular flexibility index (Phi) is 6.25. The molecule has 3 aromatic carbocycles. The standard InChI is InChI=1S/C24H16Cl2N4O2S/c25-16-7-11-18(12-8-16)33(31,32)30-17-9-5-15(6-10-17)23-13-20(21(14-27)24(28)29-23)19-3-1-2-4-22(19)26/h1-13,30H,(H2,28,29). The van der Waals surface area contributed by atoms with Gasteiger partial charge in [-0.3, -0.25) is 4.72 Å². The number of nitrogen functional groups attached to an aromatic ring is 1. The molecule has 0 saturated carbocycles. The van der Waals surface area contributed by atoms with E-state index in [2.05, 4.69) is 15.8 Å². The summed E-state index contributed by atoms with van der Waals surface area (Å²) in [6.45, 7) is 0. The van der Waals surface area contributed by atoms with E-state index in [4.69, 9.17) is 28.9 Å². The molecule has 1 heterocycles. The molecule has 3 N–H and O–H groups in total. The molecule has 0 amide bonds. The summed E-state index contributed by atoms with van der Waals surface area (Å²) < 4.78 is 27.7. The molecule has 0 spiro atoms. The van der Waals surface area contributed by atoms with Gasteiger partial charge in [0, 0.05) is 32.4 Å². The van der Waals surface area contributed by atoms with Crippen molar-refractivity contribution in [1.29, 1.82) is 5.26 Å². The van der Waals surface area contributed by atoms with Gasteiger partial charge >= 0.3 is 0 Å². The predicted octanol–water partition coefficient (Wildman–Crippen LogP) is 5.98. The van der Waals surface area contributed by atoms with E-state index < -0.39 is 10.0 Å². The molecule has 0 atom stereocenters. The molecule has 0 aliphatic rings. The summed E-state index contributed by atoms with van der Waals surface area (Å²) >= 11 is 12.2. The molecule has 0 radical (unpaired) electrons. The molecule has 6 nitrogen and oxygen atoms in total. The van der Waals surface area contributed by atoms with Crippen LogP contribution in [0.2, 0.25) is 10.0 Å². The van der Waals surface area contributed by atoms with Crippen LogP contribution in [0.15, 0.2) is 83.8 Å². The Labute approximate surface area is 201 Å². The van der Waals surface area contributed by atoms with Crippen LogP contribution in [0.25, 0.3) is 22.4 Å². The van der Waals surface area contributed by atoms with Crippen molar-refractivity contribution < 1.29 is 8.42 Å². The third-order valence-corrected chi connectivity index (χ3v) is 6.86. The van der Waals surface area contributed by atoms with E-state index in [0.717, 1.165) is 0 Å². The monoisotopic (exact) mass is 494 g/mol. The van der Waals surface area contributed by atoms with E-state index in [1.165, 1.54) is 24.3 Å². The predicted molar refractivity (Wildman–Crippen MR) is 132 cm³/mol. The Bertz CT molecular complexity index is 1480. The maximum absolute atomic E-state index is 12.6. The Morgan fingerprint density at radius 1 is 0.909 bits per heavy atom. The number of aromatic nitrogens is 1. The van der Waals surface area contributed by atoms with Crippen LogP contribution < -0.4 is 10.5 Å². The summed E-state index contributed by atoms with van der Waals surface area (Å²) in [6, 6.07) is 23.5. The van der Waals surface area contributed by atoms with E-state index in [1.807, 2.05) is 6.07 Å². The van der Waals surface area contributed by atoms with Gasteiger partial charge in [-0.05, 0) is 48.5 Å². The number of hydrogen-bond acceptors (Lipinski definition) is 5. The van der Waals surface area contributed by atoms with Crippen LogP contribution in [0.5, 0.6) is 0 Å². The molecule has 0 aliphatic carbocycles. The van der Waals surface area contributed by atoms with Crippen LogP contribution >= 0.6 is 23.2 Å². The summed E-state index contributed by atoms with van der Waals surface area (Å²) in [5, 5.41) is 10.5. The molecule has 0 saturated heterocycles. The summed E-state index contributed by atoms with van der Waals surface area (Å²) in [4.78, 5) is 4.45. The molecule has 33 heavy (non-hydrogen) atoms. The zero-order valence-corrected chi connectivity index (χ0v) is 19.3. The molecule has 1 aromatic heterocycles. The van der Waals surface area contributed by atoms with Gasteiger partial charge in [0.05, 0.1) is 10.6 Å². The van der Waals surface area contributed by atoms with Crippen molar-refractivity contribution in [3.63, 3.8) is 0 Å². The first-order valence-corrected chi connectivity index (χ1v) is 11.9. The summed E-state index contributed by atoms with van der Waals surface area (Å²) in [6.07, 6.45) is 0. The van der Waals surface area contributed by atoms with E-state index in [9.17, 15) is 13.7 Å². The van der Waals surface area contributed by atoms with Crippen molar-refractivity contribution in [3.05, 3.63) is 94.5 Å². The molecule has 0 unspecified atom stereocenters. The minimum absolute atomic E-state index is 0.0810. The fraction of sp³-hybridized carbons (Fsp3) is 0. The number of nitrogens with zero attached hydrogens (tertiary/aromatic N) is 2. The highest BCUT2D eigenvalue weighted by atomic mass is 35.5. The molecule has 9 heteroatoms. The van der Waals surface area contributed by atoms with Crippen LogP contribution in [0, 0.1) is 11.3 Å². The molecule has 164 valence electrons. The summed E-state index contributed by atoms with van der Waals surface area (Å²) in [5.41, 5.74) is 9.12. The number of rotatable bonds is 5. The maximum atomic E-state index is 12.6. The van der Waals surface area contributed by atoms with Gasteiger partial charge in [-0.25, -0.2) is 13.4 Å². The Morgan fingerprint density at radius 2 is 1.58 bits per heavy atom. The number of hydrogen-bond donors (Lipinski definition) is 2. The highest BCUT2D eigenvalue weighted by Crippen LogP contribution is 2.35. The average molecular weight is 495 g/mol. The van der Waals surface area contributed by atoms with E-state index in [-0.39, 0.29) is 16.3 Å². The van der Waals surface area contributed by atoms with Crippen molar-refractivity contribution in [3.8, 4) is 28.5 Å². The molecule has 4 aromatic rings. The van der Waals surface area contributed by atoms with Crippen LogP contribution in [-0.4, -0.2) is 13.4 Å². The highest BCUT2D eigenvalue weighted by molar-refractivity contribution is 7.92. The fourth-order valence-electron chi connectivity index (χ4n) is 3.26. The van der Waals surface area contributed by atoms with Gasteiger partial charge in [0.25, 0.3) is 10.0 Å². The first-order valence-electron chi connectivity index (χ1n) is 9.63. The zero-order valence-electron chi connectivity index (χ0n) is 17.0. The Hall–Kier alpha value is -3.57. The second-order valence-electron chi connectivity index (χ2n) is 7.04. The molecule has 4 rings (SSSR count). The average Bonchev–Trinajstić information content (AvgIpc) is 2.79. The number of pyridine rings is 1. The second kappa shape index (κ2) is 9.12. The van der Waals surface area contributed by atoms with Gasteiger partial charge in [-0.2, -0.15) is 5.26 Å². The molecule has 0 fully saturated rings. The van der Waals surface area contributed by atoms with Crippen LogP contribution in [0.4, 0.5) is 11.5 Å². The highest BCUT2D eigenvalue weighted by Gasteiger charge is 2.17. The lowest BCUT2D eigenvalue weighted by atomic mass is 9.98. The Morgan fingerprint density at radius 3 is 2.21 bits per heavy atom. The molecule has 0 aliphatic heterocycles. The summed E-state index contributed by atoms with van der Waals surface area (Å²) in [5.74, 6) is 0.0810. The van der Waals surface area contributed by atoms with Gasteiger partial charge in [0.2, 0.25) is 0 Å². The molecular formula is C24H16Cl2N4O2S. The minimum atomic E-state index is -3.77. The number of nitrogens with one attached hydrogen (secondary N) is 1. The minimum Gasteiger partial charge on any atom is -0.383 e. The first kappa shape index (κ1) is 22.6. The van der Waals surface area contributed by atoms with Crippen molar-refractivity contribution >= 4 is 44.7 Å². The topological polar surface area (TPSA) is 109 Å². The number of sulfonamides is 1.